The molecule has 0 saturated carbocycles. The van der Waals surface area contributed by atoms with Crippen molar-refractivity contribution in [2.45, 2.75) is 14.7 Å². The predicted octanol–water partition coefficient (Wildman–Crippen LogP) is -5.20. The number of anilines is 2. The van der Waals surface area contributed by atoms with Crippen molar-refractivity contribution in [1.82, 2.24) is 0 Å². The number of carboxylic acids is 1. The number of benzene rings is 3. The standard InChI is InChI=1S/C21H20N6O14S4.K.Na/c22-18-15(10-17(44(35,36)37)19(23)20(18)27-24-12-3-1-11(2-4-12)21(28)29)26-25-14-6-5-13(9-16(14)43(32,33)34)42(30,31)8-7-41-45(38,39)40;;/h1-6,9-10H,7-8,22-23H2,(H,28,29)(H,32,33,34)(H,35,36,37)(H,38,39,40);;/q;2*+1/p-2. The van der Waals surface area contributed by atoms with Gasteiger partial charge in [0, 0.05) is 0 Å². The van der Waals surface area contributed by atoms with E-state index in [4.69, 9.17) is 16.0 Å². The van der Waals surface area contributed by atoms with Crippen molar-refractivity contribution < 1.29 is 142 Å². The van der Waals surface area contributed by atoms with Gasteiger partial charge in [0.15, 0.2) is 9.84 Å². The van der Waals surface area contributed by atoms with Crippen molar-refractivity contribution in [3.8, 4) is 0 Å². The first-order valence-corrected chi connectivity index (χ1v) is 17.3. The number of nitrogens with zero attached hydrogens (tertiary/aromatic N) is 4. The average Bonchev–Trinajstić information content (AvgIpc) is 2.90. The summed E-state index contributed by atoms with van der Waals surface area (Å²) >= 11 is 0. The molecule has 0 aliphatic rings. The second kappa shape index (κ2) is 16.7. The Morgan fingerprint density at radius 1 is 0.787 bits per heavy atom. The van der Waals surface area contributed by atoms with Gasteiger partial charge in [-0.2, -0.15) is 21.9 Å². The maximum atomic E-state index is 12.5. The number of carbonyl (C=O) groups is 1. The number of hydrogen-bond acceptors (Lipinski definition) is 18. The molecule has 0 radical (unpaired) electrons. The third kappa shape index (κ3) is 11.9. The van der Waals surface area contributed by atoms with Crippen molar-refractivity contribution in [2.75, 3.05) is 23.8 Å². The molecule has 0 fully saturated rings. The van der Waals surface area contributed by atoms with Crippen LogP contribution in [0.1, 0.15) is 10.4 Å². The summed E-state index contributed by atoms with van der Waals surface area (Å²) in [6.07, 6.45) is 0. The van der Waals surface area contributed by atoms with Crippen molar-refractivity contribution in [3.05, 3.63) is 54.1 Å². The van der Waals surface area contributed by atoms with Crippen LogP contribution in [0.4, 0.5) is 34.1 Å². The van der Waals surface area contributed by atoms with Crippen molar-refractivity contribution in [3.63, 3.8) is 0 Å². The number of nitrogen functional groups attached to an aromatic ring is 2. The van der Waals surface area contributed by atoms with Gasteiger partial charge in [0.25, 0.3) is 10.1 Å². The zero-order valence-corrected chi connectivity index (χ0v) is 32.3. The molecule has 20 nitrogen and oxygen atoms in total. The molecule has 0 bridgehead atoms. The third-order valence-electron chi connectivity index (χ3n) is 5.38. The van der Waals surface area contributed by atoms with Crippen LogP contribution in [0.15, 0.2) is 83.7 Å². The summed E-state index contributed by atoms with van der Waals surface area (Å²) in [6, 6.07) is 7.17. The minimum Gasteiger partial charge on any atom is -0.744 e. The van der Waals surface area contributed by atoms with E-state index in [0.717, 1.165) is 24.3 Å². The van der Waals surface area contributed by atoms with Gasteiger partial charge in [-0.3, -0.25) is 9.11 Å². The number of rotatable bonds is 12. The Balaban J connectivity index is 0.00000552. The normalized spacial score (nSPS) is 12.5. The molecule has 3 rings (SSSR count). The molecule has 0 saturated heterocycles. The minimum atomic E-state index is -5.32. The molecule has 6 N–H and O–H groups in total. The summed E-state index contributed by atoms with van der Waals surface area (Å²) in [7, 11) is -20.0. The van der Waals surface area contributed by atoms with Gasteiger partial charge in [-0.25, -0.2) is 21.0 Å². The summed E-state index contributed by atoms with van der Waals surface area (Å²) in [5, 5.41) is 25.5. The van der Waals surface area contributed by atoms with Crippen LogP contribution in [-0.4, -0.2) is 65.7 Å². The van der Waals surface area contributed by atoms with Crippen LogP contribution >= 0.6 is 0 Å². The first-order chi connectivity index (χ1) is 20.6. The number of hydrogen-bond donors (Lipinski definition) is 4. The van der Waals surface area contributed by atoms with Crippen LogP contribution in [0.2, 0.25) is 0 Å². The molecule has 0 unspecified atom stereocenters. The molecule has 0 atom stereocenters. The summed E-state index contributed by atoms with van der Waals surface area (Å²) in [6.45, 7) is -1.05. The number of carboxylic acid groups (broad SMARTS) is 1. The molecule has 3 aromatic carbocycles. The zero-order chi connectivity index (χ0) is 34.0. The monoisotopic (exact) mass is 768 g/mol. The van der Waals surface area contributed by atoms with Gasteiger partial charge in [0.05, 0.1) is 45.2 Å². The van der Waals surface area contributed by atoms with Gasteiger partial charge in [-0.15, -0.1) is 15.3 Å². The number of azo groups is 2. The van der Waals surface area contributed by atoms with Crippen LogP contribution in [0.3, 0.4) is 0 Å². The number of nitrogens with two attached hydrogens (primary N) is 2. The zero-order valence-electron chi connectivity index (χ0n) is 23.9. The minimum absolute atomic E-state index is 0. The first kappa shape index (κ1) is 43.2. The quantitative estimate of drug-likeness (QED) is 0.0579. The van der Waals surface area contributed by atoms with Crippen LogP contribution in [0.25, 0.3) is 0 Å². The Morgan fingerprint density at radius 2 is 1.36 bits per heavy atom. The second-order valence-corrected chi connectivity index (χ2v) is 14.4. The summed E-state index contributed by atoms with van der Waals surface area (Å²) in [5.41, 5.74) is 8.34. The average molecular weight is 769 g/mol. The Morgan fingerprint density at radius 3 is 1.87 bits per heavy atom. The van der Waals surface area contributed by atoms with Crippen LogP contribution in [0.5, 0.6) is 0 Å². The third-order valence-corrected chi connectivity index (χ3v) is 9.28. The van der Waals surface area contributed by atoms with Gasteiger partial charge in [0.1, 0.15) is 32.1 Å². The van der Waals surface area contributed by atoms with E-state index in [1.165, 1.54) is 12.1 Å². The van der Waals surface area contributed by atoms with Gasteiger partial charge in [-0.1, -0.05) is 12.1 Å². The van der Waals surface area contributed by atoms with Gasteiger partial charge in [-0.05, 0) is 42.0 Å². The Kier molecular flexibility index (Phi) is 15.4. The fraction of sp³-hybridized carbons (Fsp3) is 0.0952. The van der Waals surface area contributed by atoms with E-state index in [1.807, 2.05) is 0 Å². The van der Waals surface area contributed by atoms with Crippen LogP contribution in [-0.2, 0) is 44.7 Å². The number of aromatic carboxylic acids is 1. The Hall–Kier alpha value is -1.79. The van der Waals surface area contributed by atoms with E-state index in [0.29, 0.717) is 12.1 Å². The summed E-state index contributed by atoms with van der Waals surface area (Å²) < 4.78 is 128. The molecule has 0 heterocycles. The van der Waals surface area contributed by atoms with E-state index in [-0.39, 0.29) is 92.2 Å². The molecule has 242 valence electrons. The maximum absolute atomic E-state index is 12.5. The first-order valence-electron chi connectivity index (χ1n) is 11.4. The molecule has 47 heavy (non-hydrogen) atoms. The van der Waals surface area contributed by atoms with Crippen molar-refractivity contribution >= 4 is 80.6 Å². The largest absolute Gasteiger partial charge is 1.00 e. The maximum Gasteiger partial charge on any atom is 1.00 e. The smallest absolute Gasteiger partial charge is 0.744 e. The second-order valence-electron chi connectivity index (χ2n) is 8.43. The van der Waals surface area contributed by atoms with E-state index in [2.05, 4.69) is 24.6 Å². The molecular weight excluding hydrogens is 751 g/mol. The summed E-state index contributed by atoms with van der Waals surface area (Å²) in [5.74, 6) is -2.53. The fourth-order valence-electron chi connectivity index (χ4n) is 3.28. The van der Waals surface area contributed by atoms with Crippen LogP contribution in [0, 0.1) is 0 Å². The Labute approximate surface area is 331 Å². The predicted molar refractivity (Wildman–Crippen MR) is 148 cm³/mol. The van der Waals surface area contributed by atoms with E-state index in [1.54, 1.807) is 0 Å². The summed E-state index contributed by atoms with van der Waals surface area (Å²) in [4.78, 5) is 7.94. The molecule has 26 heteroatoms. The SMILES string of the molecule is Nc1c(N=Nc2ccc(S(=O)(=O)CCOS(=O)(=O)O)cc2S(=O)(=O)O)cc(S(=O)(=O)[O-])c(N)c1N=Nc1ccc(C(=O)[O-])cc1.[K+].[Na+]. The van der Waals surface area contributed by atoms with E-state index >= 15 is 0 Å². The van der Waals surface area contributed by atoms with Gasteiger partial charge in [0.2, 0.25) is 0 Å². The number of sulfone groups is 1. The number of carbonyl (C=O) groups excluding carboxylic acids is 1. The molecular formula is C21H18KN6NaO14S4. The molecule has 0 amide bonds. The van der Waals surface area contributed by atoms with Crippen molar-refractivity contribution in [2.24, 2.45) is 20.5 Å². The van der Waals surface area contributed by atoms with Crippen molar-refractivity contribution in [1.29, 1.82) is 0 Å². The molecule has 3 aromatic rings. The Bertz CT molecular complexity index is 2180. The molecule has 0 spiro atoms. The molecule has 0 aliphatic heterocycles. The fourth-order valence-corrected chi connectivity index (χ4v) is 6.14. The topological polar surface area (TPSA) is 351 Å². The van der Waals surface area contributed by atoms with E-state index < -0.39 is 102 Å². The van der Waals surface area contributed by atoms with Gasteiger partial charge < -0.3 is 25.9 Å². The molecule has 0 aliphatic carbocycles. The van der Waals surface area contributed by atoms with Gasteiger partial charge >= 0.3 is 91.3 Å². The van der Waals surface area contributed by atoms with Crippen LogP contribution < -0.4 is 97.5 Å². The van der Waals surface area contributed by atoms with E-state index in [9.17, 15) is 52.7 Å². The molecule has 0 aromatic heterocycles.